The van der Waals surface area contributed by atoms with Gasteiger partial charge >= 0.3 is 5.97 Å². The van der Waals surface area contributed by atoms with Gasteiger partial charge in [-0.3, -0.25) is 9.59 Å². The highest BCUT2D eigenvalue weighted by Gasteiger charge is 2.66. The lowest BCUT2D eigenvalue weighted by Gasteiger charge is -2.66. The monoisotopic (exact) mass is 350 g/mol. The van der Waals surface area contributed by atoms with E-state index in [2.05, 4.69) is 27.7 Å². The lowest BCUT2D eigenvalue weighted by Crippen LogP contribution is -2.64. The van der Waals surface area contributed by atoms with Gasteiger partial charge in [-0.2, -0.15) is 0 Å². The Bertz CT molecular complexity index is 582. The van der Waals surface area contributed by atoms with Crippen molar-refractivity contribution in [3.8, 4) is 0 Å². The predicted octanol–water partition coefficient (Wildman–Crippen LogP) is 3.60. The van der Waals surface area contributed by atoms with Crippen LogP contribution in [0.3, 0.4) is 0 Å². The largest absolute Gasteiger partial charge is 0.468 e. The summed E-state index contributed by atoms with van der Waals surface area (Å²) in [7, 11) is 1.39. The van der Waals surface area contributed by atoms with Crippen LogP contribution in [0.1, 0.15) is 66.7 Å². The van der Waals surface area contributed by atoms with E-state index in [0.29, 0.717) is 11.8 Å². The fraction of sp³-hybridized carbons (Fsp3) is 0.905. The lowest BCUT2D eigenvalue weighted by atomic mass is 9.38. The molecule has 5 unspecified atom stereocenters. The first-order chi connectivity index (χ1) is 11.5. The molecule has 1 N–H and O–H groups in total. The molecule has 0 heterocycles. The first kappa shape index (κ1) is 18.9. The third-order valence-corrected chi connectivity index (χ3v) is 8.53. The van der Waals surface area contributed by atoms with Crippen LogP contribution >= 0.6 is 0 Å². The molecular formula is C21H34O4. The number of rotatable bonds is 1. The summed E-state index contributed by atoms with van der Waals surface area (Å²) in [6.45, 7) is 10.8. The maximum Gasteiger partial charge on any atom is 0.316 e. The van der Waals surface area contributed by atoms with Crippen LogP contribution < -0.4 is 0 Å². The van der Waals surface area contributed by atoms with Gasteiger partial charge in [-0.15, -0.1) is 0 Å². The molecule has 3 fully saturated rings. The zero-order valence-electron chi connectivity index (χ0n) is 16.6. The fourth-order valence-electron chi connectivity index (χ4n) is 7.04. The Hall–Kier alpha value is -0.900. The number of hydrogen-bond donors (Lipinski definition) is 1. The molecule has 3 aliphatic carbocycles. The summed E-state index contributed by atoms with van der Waals surface area (Å²) >= 11 is 0. The SMILES string of the molecule is COC(=O)C1C(=O)C(C)CC2C3(C)CCC(O)C(C)(C)[C@H]3CC[C@]12C. The molecule has 3 rings (SSSR count). The topological polar surface area (TPSA) is 63.6 Å². The minimum absolute atomic E-state index is 0.0525. The molecule has 0 spiro atoms. The molecule has 0 radical (unpaired) electrons. The Kier molecular flexibility index (Phi) is 4.38. The molecule has 0 aromatic rings. The van der Waals surface area contributed by atoms with Crippen LogP contribution in [0.25, 0.3) is 0 Å². The van der Waals surface area contributed by atoms with Gasteiger partial charge in [0.25, 0.3) is 0 Å². The van der Waals surface area contributed by atoms with E-state index < -0.39 is 5.92 Å². The first-order valence-corrected chi connectivity index (χ1v) is 9.79. The summed E-state index contributed by atoms with van der Waals surface area (Å²) in [6, 6.07) is 0. The zero-order chi connectivity index (χ0) is 18.8. The number of fused-ring (bicyclic) bond motifs is 3. The summed E-state index contributed by atoms with van der Waals surface area (Å²) in [5.41, 5.74) is -0.406. The van der Waals surface area contributed by atoms with E-state index in [1.165, 1.54) is 7.11 Å². The second-order valence-corrected chi connectivity index (χ2v) is 10.0. The van der Waals surface area contributed by atoms with Crippen molar-refractivity contribution in [3.63, 3.8) is 0 Å². The van der Waals surface area contributed by atoms with Gasteiger partial charge < -0.3 is 9.84 Å². The van der Waals surface area contributed by atoms with Gasteiger partial charge in [-0.1, -0.05) is 34.6 Å². The fourth-order valence-corrected chi connectivity index (χ4v) is 7.04. The van der Waals surface area contributed by atoms with Crippen molar-refractivity contribution in [2.45, 2.75) is 72.8 Å². The van der Waals surface area contributed by atoms with Crippen LogP contribution in [-0.4, -0.2) is 30.1 Å². The molecule has 0 saturated heterocycles. The number of methoxy groups -OCH3 is 1. The number of esters is 1. The molecule has 7 atom stereocenters. The van der Waals surface area contributed by atoms with Crippen LogP contribution in [0.4, 0.5) is 0 Å². The molecule has 0 amide bonds. The minimum atomic E-state index is -0.640. The van der Waals surface area contributed by atoms with E-state index in [0.717, 1.165) is 32.1 Å². The number of aliphatic hydroxyl groups excluding tert-OH is 1. The second-order valence-electron chi connectivity index (χ2n) is 10.0. The number of ketones is 1. The van der Waals surface area contributed by atoms with Crippen molar-refractivity contribution in [2.24, 2.45) is 39.9 Å². The second kappa shape index (κ2) is 5.80. The van der Waals surface area contributed by atoms with Crippen molar-refractivity contribution in [2.75, 3.05) is 7.11 Å². The van der Waals surface area contributed by atoms with Gasteiger partial charge in [0.2, 0.25) is 0 Å². The molecule has 3 aliphatic rings. The maximum absolute atomic E-state index is 12.9. The summed E-state index contributed by atoms with van der Waals surface area (Å²) in [5.74, 6) is -0.321. The molecule has 0 bridgehead atoms. The Labute approximate surface area is 151 Å². The summed E-state index contributed by atoms with van der Waals surface area (Å²) < 4.78 is 5.05. The Morgan fingerprint density at radius 1 is 1.08 bits per heavy atom. The summed E-state index contributed by atoms with van der Waals surface area (Å²) in [5, 5.41) is 10.6. The van der Waals surface area contributed by atoms with Gasteiger partial charge in [0.05, 0.1) is 13.2 Å². The summed E-state index contributed by atoms with van der Waals surface area (Å²) in [6.07, 6.45) is 4.17. The van der Waals surface area contributed by atoms with Crippen molar-refractivity contribution < 1.29 is 19.4 Å². The molecule has 4 heteroatoms. The average Bonchev–Trinajstić information content (AvgIpc) is 2.53. The van der Waals surface area contributed by atoms with Crippen LogP contribution in [-0.2, 0) is 14.3 Å². The van der Waals surface area contributed by atoms with E-state index in [9.17, 15) is 14.7 Å². The van der Waals surface area contributed by atoms with Gasteiger partial charge in [-0.25, -0.2) is 0 Å². The van der Waals surface area contributed by atoms with Crippen molar-refractivity contribution in [1.29, 1.82) is 0 Å². The van der Waals surface area contributed by atoms with E-state index >= 15 is 0 Å². The third kappa shape index (κ3) is 2.43. The number of aliphatic hydroxyl groups is 1. The number of carbonyl (C=O) groups is 2. The van der Waals surface area contributed by atoms with Crippen molar-refractivity contribution in [1.82, 2.24) is 0 Å². The van der Waals surface area contributed by atoms with Crippen LogP contribution in [0.15, 0.2) is 0 Å². The molecule has 142 valence electrons. The number of ether oxygens (including phenoxy) is 1. The third-order valence-electron chi connectivity index (χ3n) is 8.53. The highest BCUT2D eigenvalue weighted by Crippen LogP contribution is 2.68. The number of Topliss-reactive ketones (excluding diaryl/α,β-unsaturated/α-hetero) is 1. The van der Waals surface area contributed by atoms with Gasteiger partial charge in [-0.05, 0) is 60.2 Å². The van der Waals surface area contributed by atoms with Crippen LogP contribution in [0, 0.1) is 39.9 Å². The molecule has 25 heavy (non-hydrogen) atoms. The molecule has 0 aliphatic heterocycles. The molecular weight excluding hydrogens is 316 g/mol. The normalized spacial score (nSPS) is 49.1. The van der Waals surface area contributed by atoms with Gasteiger partial charge in [0.15, 0.2) is 0 Å². The average molecular weight is 350 g/mol. The molecule has 4 nitrogen and oxygen atoms in total. The maximum atomic E-state index is 12.9. The number of carbonyl (C=O) groups excluding carboxylic acids is 2. The number of hydrogen-bond acceptors (Lipinski definition) is 4. The highest BCUT2D eigenvalue weighted by molar-refractivity contribution is 6.01. The summed E-state index contributed by atoms with van der Waals surface area (Å²) in [4.78, 5) is 25.4. The van der Waals surface area contributed by atoms with Crippen molar-refractivity contribution >= 4 is 11.8 Å². The van der Waals surface area contributed by atoms with E-state index in [1.54, 1.807) is 0 Å². The van der Waals surface area contributed by atoms with E-state index in [4.69, 9.17) is 4.74 Å². The Morgan fingerprint density at radius 3 is 2.28 bits per heavy atom. The first-order valence-electron chi connectivity index (χ1n) is 9.79. The van der Waals surface area contributed by atoms with E-state index in [-0.39, 0.29) is 40.0 Å². The Balaban J connectivity index is 2.07. The standard InChI is InChI=1S/C21H34O4/c1-12-11-14-20(4)10-8-15(22)19(2,3)13(20)7-9-21(14,5)16(17(12)23)18(24)25-6/h12-16,22H,7-11H2,1-6H3/t12?,13-,14?,15?,16?,20?,21+/m1/s1. The van der Waals surface area contributed by atoms with Crippen LogP contribution in [0.2, 0.25) is 0 Å². The van der Waals surface area contributed by atoms with Crippen molar-refractivity contribution in [3.05, 3.63) is 0 Å². The van der Waals surface area contributed by atoms with E-state index in [1.807, 2.05) is 6.92 Å². The lowest BCUT2D eigenvalue weighted by molar-refractivity contribution is -0.204. The molecule has 0 aromatic carbocycles. The molecule has 3 saturated carbocycles. The highest BCUT2D eigenvalue weighted by atomic mass is 16.5. The predicted molar refractivity (Wildman–Crippen MR) is 95.7 cm³/mol. The smallest absolute Gasteiger partial charge is 0.316 e. The zero-order valence-corrected chi connectivity index (χ0v) is 16.6. The van der Waals surface area contributed by atoms with Gasteiger partial charge in [0, 0.05) is 5.92 Å². The van der Waals surface area contributed by atoms with Gasteiger partial charge in [0.1, 0.15) is 11.7 Å². The Morgan fingerprint density at radius 2 is 1.68 bits per heavy atom. The molecule has 0 aromatic heterocycles. The van der Waals surface area contributed by atoms with Crippen LogP contribution in [0.5, 0.6) is 0 Å². The quantitative estimate of drug-likeness (QED) is 0.580. The minimum Gasteiger partial charge on any atom is -0.468 e.